The molecule has 3 heteroatoms. The maximum atomic E-state index is 10.6. The molecule has 0 N–H and O–H groups in total. The van der Waals surface area contributed by atoms with Crippen LogP contribution in [-0.2, 0) is 0 Å². The molecule has 0 amide bonds. The Kier molecular flexibility index (Phi) is 1.66. The molecule has 60 valence electrons. The Morgan fingerprint density at radius 2 is 2.08 bits per heavy atom. The van der Waals surface area contributed by atoms with Crippen LogP contribution in [0.3, 0.4) is 0 Å². The van der Waals surface area contributed by atoms with Crippen molar-refractivity contribution in [3.8, 4) is 0 Å². The standard InChI is InChI=1S/C9H6O2S/c10-5-7-6-3-1-2-4-8(6)11-9(7)12/h1-5,12H. The third-order valence-electron chi connectivity index (χ3n) is 1.73. The second-order valence-electron chi connectivity index (χ2n) is 2.43. The van der Waals surface area contributed by atoms with E-state index in [1.807, 2.05) is 24.3 Å². The second kappa shape index (κ2) is 2.68. The van der Waals surface area contributed by atoms with Crippen LogP contribution in [0.15, 0.2) is 33.8 Å². The number of thiol groups is 1. The molecule has 12 heavy (non-hydrogen) atoms. The fourth-order valence-electron chi connectivity index (χ4n) is 1.17. The molecular weight excluding hydrogens is 172 g/mol. The largest absolute Gasteiger partial charge is 0.449 e. The number of para-hydroxylation sites is 1. The fraction of sp³-hybridized carbons (Fsp3) is 0. The highest BCUT2D eigenvalue weighted by molar-refractivity contribution is 7.80. The van der Waals surface area contributed by atoms with Gasteiger partial charge in [0.05, 0.1) is 5.56 Å². The summed E-state index contributed by atoms with van der Waals surface area (Å²) in [5, 5.41) is 1.20. The normalized spacial score (nSPS) is 10.4. The van der Waals surface area contributed by atoms with E-state index in [4.69, 9.17) is 4.42 Å². The fourth-order valence-corrected chi connectivity index (χ4v) is 1.44. The van der Waals surface area contributed by atoms with Crippen LogP contribution >= 0.6 is 12.6 Å². The predicted molar refractivity (Wildman–Crippen MR) is 48.9 cm³/mol. The van der Waals surface area contributed by atoms with Gasteiger partial charge in [-0.1, -0.05) is 18.2 Å². The lowest BCUT2D eigenvalue weighted by atomic mass is 10.2. The minimum absolute atomic E-state index is 0.381. The number of furan rings is 1. The molecule has 1 aromatic heterocycles. The van der Waals surface area contributed by atoms with E-state index < -0.39 is 0 Å². The average Bonchev–Trinajstić information content (AvgIpc) is 2.40. The van der Waals surface area contributed by atoms with Crippen molar-refractivity contribution in [3.63, 3.8) is 0 Å². The van der Waals surface area contributed by atoms with Crippen molar-refractivity contribution in [1.82, 2.24) is 0 Å². The van der Waals surface area contributed by atoms with E-state index in [1.54, 1.807) is 0 Å². The zero-order valence-corrected chi connectivity index (χ0v) is 7.04. The van der Waals surface area contributed by atoms with Gasteiger partial charge in [-0.15, -0.1) is 12.6 Å². The van der Waals surface area contributed by atoms with Gasteiger partial charge in [0.1, 0.15) is 5.58 Å². The Morgan fingerprint density at radius 1 is 1.33 bits per heavy atom. The summed E-state index contributed by atoms with van der Waals surface area (Å²) >= 11 is 4.04. The summed E-state index contributed by atoms with van der Waals surface area (Å²) in [6.07, 6.45) is 0.758. The molecular formula is C9H6O2S. The highest BCUT2D eigenvalue weighted by Crippen LogP contribution is 2.26. The SMILES string of the molecule is O=Cc1c(S)oc2ccccc12. The first-order valence-corrected chi connectivity index (χ1v) is 3.93. The van der Waals surface area contributed by atoms with Crippen molar-refractivity contribution < 1.29 is 9.21 Å². The van der Waals surface area contributed by atoms with Crippen LogP contribution in [-0.4, -0.2) is 6.29 Å². The summed E-state index contributed by atoms with van der Waals surface area (Å²) in [6.45, 7) is 0. The van der Waals surface area contributed by atoms with Crippen LogP contribution in [0.1, 0.15) is 10.4 Å². The molecule has 0 unspecified atom stereocenters. The van der Waals surface area contributed by atoms with Gasteiger partial charge in [-0.05, 0) is 6.07 Å². The van der Waals surface area contributed by atoms with E-state index in [-0.39, 0.29) is 0 Å². The lowest BCUT2D eigenvalue weighted by Crippen LogP contribution is -1.75. The number of hydrogen-bond donors (Lipinski definition) is 1. The number of benzene rings is 1. The van der Waals surface area contributed by atoms with Gasteiger partial charge >= 0.3 is 0 Å². The monoisotopic (exact) mass is 178 g/mol. The quantitative estimate of drug-likeness (QED) is 0.537. The molecule has 0 saturated carbocycles. The van der Waals surface area contributed by atoms with Crippen molar-refractivity contribution >= 4 is 29.9 Å². The van der Waals surface area contributed by atoms with E-state index in [9.17, 15) is 4.79 Å². The maximum absolute atomic E-state index is 10.6. The molecule has 0 fully saturated rings. The molecule has 0 aliphatic carbocycles. The number of fused-ring (bicyclic) bond motifs is 1. The molecule has 2 rings (SSSR count). The first-order valence-electron chi connectivity index (χ1n) is 3.48. The number of hydrogen-bond acceptors (Lipinski definition) is 3. The van der Waals surface area contributed by atoms with E-state index in [0.717, 1.165) is 11.7 Å². The van der Waals surface area contributed by atoms with Crippen LogP contribution in [0.25, 0.3) is 11.0 Å². The van der Waals surface area contributed by atoms with Crippen molar-refractivity contribution in [2.45, 2.75) is 5.09 Å². The number of aldehydes is 1. The van der Waals surface area contributed by atoms with E-state index >= 15 is 0 Å². The van der Waals surface area contributed by atoms with Gasteiger partial charge < -0.3 is 4.42 Å². The van der Waals surface area contributed by atoms with Gasteiger partial charge in [-0.2, -0.15) is 0 Å². The summed E-state index contributed by atoms with van der Waals surface area (Å²) in [5.74, 6) is 0. The average molecular weight is 178 g/mol. The first kappa shape index (κ1) is 7.43. The minimum Gasteiger partial charge on any atom is -0.449 e. The van der Waals surface area contributed by atoms with Crippen LogP contribution in [0.2, 0.25) is 0 Å². The zero-order valence-electron chi connectivity index (χ0n) is 6.15. The summed E-state index contributed by atoms with van der Waals surface area (Å²) in [5.41, 5.74) is 1.22. The molecule has 2 aromatic rings. The van der Waals surface area contributed by atoms with Crippen molar-refractivity contribution in [3.05, 3.63) is 29.8 Å². The van der Waals surface area contributed by atoms with Gasteiger partial charge in [0.15, 0.2) is 11.4 Å². The van der Waals surface area contributed by atoms with Gasteiger partial charge in [-0.3, -0.25) is 4.79 Å². The highest BCUT2D eigenvalue weighted by Gasteiger charge is 2.08. The summed E-state index contributed by atoms with van der Waals surface area (Å²) in [7, 11) is 0. The van der Waals surface area contributed by atoms with Crippen molar-refractivity contribution in [2.75, 3.05) is 0 Å². The third kappa shape index (κ3) is 0.940. The Morgan fingerprint density at radius 3 is 2.83 bits per heavy atom. The minimum atomic E-state index is 0.381. The maximum Gasteiger partial charge on any atom is 0.169 e. The zero-order chi connectivity index (χ0) is 8.55. The predicted octanol–water partition coefficient (Wildman–Crippen LogP) is 2.53. The summed E-state index contributed by atoms with van der Waals surface area (Å²) < 4.78 is 5.22. The van der Waals surface area contributed by atoms with Gasteiger partial charge in [-0.25, -0.2) is 0 Å². The van der Waals surface area contributed by atoms with Gasteiger partial charge in [0.25, 0.3) is 0 Å². The van der Waals surface area contributed by atoms with Crippen molar-refractivity contribution in [1.29, 1.82) is 0 Å². The molecule has 0 aliphatic rings. The molecule has 0 atom stereocenters. The van der Waals surface area contributed by atoms with E-state index in [0.29, 0.717) is 16.2 Å². The number of carbonyl (C=O) groups is 1. The molecule has 0 radical (unpaired) electrons. The topological polar surface area (TPSA) is 30.2 Å². The van der Waals surface area contributed by atoms with E-state index in [2.05, 4.69) is 12.6 Å². The Labute approximate surface area is 74.6 Å². The molecule has 0 saturated heterocycles. The second-order valence-corrected chi connectivity index (χ2v) is 2.84. The van der Waals surface area contributed by atoms with Crippen LogP contribution in [0.4, 0.5) is 0 Å². The smallest absolute Gasteiger partial charge is 0.169 e. The van der Waals surface area contributed by atoms with E-state index in [1.165, 1.54) is 0 Å². The van der Waals surface area contributed by atoms with Crippen LogP contribution in [0.5, 0.6) is 0 Å². The molecule has 1 heterocycles. The summed E-state index contributed by atoms with van der Waals surface area (Å²) in [6, 6.07) is 7.36. The number of rotatable bonds is 1. The number of carbonyl (C=O) groups excluding carboxylic acids is 1. The summed E-state index contributed by atoms with van der Waals surface area (Å²) in [4.78, 5) is 10.6. The van der Waals surface area contributed by atoms with Gasteiger partial charge in [0, 0.05) is 5.39 Å². The molecule has 0 bridgehead atoms. The van der Waals surface area contributed by atoms with Crippen LogP contribution < -0.4 is 0 Å². The lowest BCUT2D eigenvalue weighted by molar-refractivity contribution is 0.112. The molecule has 0 spiro atoms. The lowest BCUT2D eigenvalue weighted by Gasteiger charge is -1.84. The van der Waals surface area contributed by atoms with Crippen LogP contribution in [0, 0.1) is 0 Å². The van der Waals surface area contributed by atoms with Crippen molar-refractivity contribution in [2.24, 2.45) is 0 Å². The molecule has 1 aromatic carbocycles. The molecule has 0 aliphatic heterocycles. The Hall–Kier alpha value is -1.22. The first-order chi connectivity index (χ1) is 5.83. The highest BCUT2D eigenvalue weighted by atomic mass is 32.1. The Bertz CT molecular complexity index is 431. The van der Waals surface area contributed by atoms with Gasteiger partial charge in [0.2, 0.25) is 0 Å². The molecule has 2 nitrogen and oxygen atoms in total. The Balaban J connectivity index is 2.90. The third-order valence-corrected chi connectivity index (χ3v) is 2.06.